The molecule has 0 saturated heterocycles. The first-order chi connectivity index (χ1) is 14.2. The highest BCUT2D eigenvalue weighted by atomic mass is 16.5. The zero-order valence-corrected chi connectivity index (χ0v) is 16.6. The van der Waals surface area contributed by atoms with Gasteiger partial charge in [0.1, 0.15) is 11.5 Å². The Morgan fingerprint density at radius 3 is 2.21 bits per heavy atom. The number of amides is 1. The molecule has 0 bridgehead atoms. The Morgan fingerprint density at radius 1 is 0.828 bits per heavy atom. The summed E-state index contributed by atoms with van der Waals surface area (Å²) in [5.41, 5.74) is 3.04. The molecule has 0 saturated carbocycles. The van der Waals surface area contributed by atoms with E-state index in [-0.39, 0.29) is 5.91 Å². The highest BCUT2D eigenvalue weighted by Crippen LogP contribution is 2.15. The van der Waals surface area contributed by atoms with E-state index in [1.54, 1.807) is 7.11 Å². The van der Waals surface area contributed by atoms with E-state index < -0.39 is 0 Å². The number of carbonyl (C=O) groups excluding carboxylic acids is 1. The second-order valence-corrected chi connectivity index (χ2v) is 6.56. The van der Waals surface area contributed by atoms with Crippen molar-refractivity contribution in [2.75, 3.05) is 30.9 Å². The number of rotatable bonds is 10. The van der Waals surface area contributed by atoms with Crippen molar-refractivity contribution < 1.29 is 14.3 Å². The molecular weight excluding hydrogens is 364 g/mol. The molecule has 29 heavy (non-hydrogen) atoms. The number of nitrogens with one attached hydrogen (secondary N) is 2. The Hall–Kier alpha value is -3.47. The quantitative estimate of drug-likeness (QED) is 0.524. The Morgan fingerprint density at radius 2 is 1.52 bits per heavy atom. The zero-order chi connectivity index (χ0) is 20.3. The number of ether oxygens (including phenoxy) is 2. The third kappa shape index (κ3) is 6.88. The SMILES string of the molecule is COc1ccc(CCNc2ccc(NC(=O)CCOc3ccccc3)cc2)cc1. The lowest BCUT2D eigenvalue weighted by Gasteiger charge is -2.10. The van der Waals surface area contributed by atoms with E-state index >= 15 is 0 Å². The molecule has 5 nitrogen and oxygen atoms in total. The van der Waals surface area contributed by atoms with Crippen LogP contribution in [0.3, 0.4) is 0 Å². The van der Waals surface area contributed by atoms with Crippen molar-refractivity contribution in [2.24, 2.45) is 0 Å². The summed E-state index contributed by atoms with van der Waals surface area (Å²) in [5.74, 6) is 1.57. The summed E-state index contributed by atoms with van der Waals surface area (Å²) in [5, 5.41) is 6.28. The Labute approximate surface area is 171 Å². The van der Waals surface area contributed by atoms with Crippen LogP contribution in [0, 0.1) is 0 Å². The van der Waals surface area contributed by atoms with E-state index in [4.69, 9.17) is 9.47 Å². The van der Waals surface area contributed by atoms with Crippen molar-refractivity contribution >= 4 is 17.3 Å². The van der Waals surface area contributed by atoms with Crippen molar-refractivity contribution in [3.05, 3.63) is 84.4 Å². The minimum atomic E-state index is -0.0684. The number of anilines is 2. The molecule has 1 amide bonds. The van der Waals surface area contributed by atoms with Gasteiger partial charge >= 0.3 is 0 Å². The summed E-state index contributed by atoms with van der Waals surface area (Å²) in [4.78, 5) is 12.0. The van der Waals surface area contributed by atoms with Crippen molar-refractivity contribution in [2.45, 2.75) is 12.8 Å². The first-order valence-electron chi connectivity index (χ1n) is 9.67. The van der Waals surface area contributed by atoms with Crippen LogP contribution in [-0.4, -0.2) is 26.2 Å². The molecule has 3 rings (SSSR count). The number of para-hydroxylation sites is 1. The molecule has 0 aliphatic carbocycles. The Balaban J connectivity index is 1.37. The number of hydrogen-bond acceptors (Lipinski definition) is 4. The maximum Gasteiger partial charge on any atom is 0.227 e. The fraction of sp³-hybridized carbons (Fsp3) is 0.208. The van der Waals surface area contributed by atoms with E-state index in [1.165, 1.54) is 5.56 Å². The summed E-state index contributed by atoms with van der Waals surface area (Å²) in [6.07, 6.45) is 1.22. The molecule has 0 fully saturated rings. The lowest BCUT2D eigenvalue weighted by Crippen LogP contribution is -2.15. The van der Waals surface area contributed by atoms with Crippen LogP contribution in [0.4, 0.5) is 11.4 Å². The molecule has 3 aromatic carbocycles. The van der Waals surface area contributed by atoms with Crippen LogP contribution in [-0.2, 0) is 11.2 Å². The highest BCUT2D eigenvalue weighted by molar-refractivity contribution is 5.90. The molecule has 0 spiro atoms. The molecule has 0 aromatic heterocycles. The van der Waals surface area contributed by atoms with Crippen LogP contribution in [0.15, 0.2) is 78.9 Å². The zero-order valence-electron chi connectivity index (χ0n) is 16.6. The van der Waals surface area contributed by atoms with Gasteiger partial charge in [-0.3, -0.25) is 4.79 Å². The third-order valence-electron chi connectivity index (χ3n) is 4.41. The number of methoxy groups -OCH3 is 1. The van der Waals surface area contributed by atoms with Crippen LogP contribution in [0.25, 0.3) is 0 Å². The first kappa shape index (κ1) is 20.3. The van der Waals surface area contributed by atoms with Gasteiger partial charge in [0, 0.05) is 17.9 Å². The van der Waals surface area contributed by atoms with Crippen molar-refractivity contribution in [1.29, 1.82) is 0 Å². The molecular formula is C24H26N2O3. The van der Waals surface area contributed by atoms with Gasteiger partial charge in [-0.25, -0.2) is 0 Å². The van der Waals surface area contributed by atoms with E-state index in [0.717, 1.165) is 35.8 Å². The second-order valence-electron chi connectivity index (χ2n) is 6.56. The molecule has 2 N–H and O–H groups in total. The Kier molecular flexibility index (Phi) is 7.52. The van der Waals surface area contributed by atoms with Gasteiger partial charge in [-0.15, -0.1) is 0 Å². The van der Waals surface area contributed by atoms with Gasteiger partial charge in [0.05, 0.1) is 20.1 Å². The van der Waals surface area contributed by atoms with E-state index in [1.807, 2.05) is 66.7 Å². The molecule has 3 aromatic rings. The third-order valence-corrected chi connectivity index (χ3v) is 4.41. The first-order valence-corrected chi connectivity index (χ1v) is 9.67. The van der Waals surface area contributed by atoms with Gasteiger partial charge in [-0.2, -0.15) is 0 Å². The molecule has 0 atom stereocenters. The van der Waals surface area contributed by atoms with Crippen molar-refractivity contribution in [1.82, 2.24) is 0 Å². The fourth-order valence-electron chi connectivity index (χ4n) is 2.82. The maximum atomic E-state index is 12.0. The minimum absolute atomic E-state index is 0.0684. The van der Waals surface area contributed by atoms with Gasteiger partial charge in [0.25, 0.3) is 0 Å². The smallest absolute Gasteiger partial charge is 0.227 e. The van der Waals surface area contributed by atoms with E-state index in [9.17, 15) is 4.79 Å². The second kappa shape index (κ2) is 10.8. The number of carbonyl (C=O) groups is 1. The van der Waals surface area contributed by atoms with Gasteiger partial charge in [0.15, 0.2) is 0 Å². The number of benzene rings is 3. The summed E-state index contributed by atoms with van der Waals surface area (Å²) < 4.78 is 10.7. The van der Waals surface area contributed by atoms with Crippen LogP contribution in [0.5, 0.6) is 11.5 Å². The molecule has 150 valence electrons. The summed E-state index contributed by atoms with van der Waals surface area (Å²) >= 11 is 0. The molecule has 0 aliphatic rings. The molecule has 5 heteroatoms. The average molecular weight is 390 g/mol. The predicted octanol–water partition coefficient (Wildman–Crippen LogP) is 4.76. The van der Waals surface area contributed by atoms with Crippen LogP contribution >= 0.6 is 0 Å². The maximum absolute atomic E-state index is 12.0. The van der Waals surface area contributed by atoms with Gasteiger partial charge in [-0.1, -0.05) is 30.3 Å². The lowest BCUT2D eigenvalue weighted by atomic mass is 10.1. The average Bonchev–Trinajstić information content (AvgIpc) is 2.76. The molecule has 0 heterocycles. The fourth-order valence-corrected chi connectivity index (χ4v) is 2.82. The van der Waals surface area contributed by atoms with Gasteiger partial charge < -0.3 is 20.1 Å². The molecule has 0 aliphatic heterocycles. The summed E-state index contributed by atoms with van der Waals surface area (Å²) in [6, 6.07) is 25.3. The van der Waals surface area contributed by atoms with E-state index in [0.29, 0.717) is 13.0 Å². The minimum Gasteiger partial charge on any atom is -0.497 e. The van der Waals surface area contributed by atoms with Crippen molar-refractivity contribution in [3.63, 3.8) is 0 Å². The predicted molar refractivity (Wildman–Crippen MR) is 117 cm³/mol. The summed E-state index contributed by atoms with van der Waals surface area (Å²) in [7, 11) is 1.67. The van der Waals surface area contributed by atoms with Crippen LogP contribution in [0.1, 0.15) is 12.0 Å². The monoisotopic (exact) mass is 390 g/mol. The largest absolute Gasteiger partial charge is 0.497 e. The van der Waals surface area contributed by atoms with Crippen LogP contribution < -0.4 is 20.1 Å². The van der Waals surface area contributed by atoms with Gasteiger partial charge in [0.2, 0.25) is 5.91 Å². The highest BCUT2D eigenvalue weighted by Gasteiger charge is 2.03. The topological polar surface area (TPSA) is 59.6 Å². The normalized spacial score (nSPS) is 10.2. The van der Waals surface area contributed by atoms with E-state index in [2.05, 4.69) is 22.8 Å². The Bertz CT molecular complexity index is 878. The standard InChI is InChI=1S/C24H26N2O3/c1-28-22-13-7-19(8-14-22)15-17-25-20-9-11-21(12-10-20)26-24(27)16-18-29-23-5-3-2-4-6-23/h2-14,25H,15-18H2,1H3,(H,26,27). The lowest BCUT2D eigenvalue weighted by molar-refractivity contribution is -0.116. The molecule has 0 unspecified atom stereocenters. The summed E-state index contributed by atoms with van der Waals surface area (Å²) in [6.45, 7) is 1.18. The van der Waals surface area contributed by atoms with Crippen molar-refractivity contribution in [3.8, 4) is 11.5 Å². The number of hydrogen-bond donors (Lipinski definition) is 2. The molecule has 0 radical (unpaired) electrons. The van der Waals surface area contributed by atoms with Crippen LogP contribution in [0.2, 0.25) is 0 Å². The van der Waals surface area contributed by atoms with Gasteiger partial charge in [-0.05, 0) is 60.5 Å².